The number of thiophene rings is 1. The molecule has 1 aliphatic heterocycles. The Morgan fingerprint density at radius 2 is 2.25 bits per heavy atom. The van der Waals surface area contributed by atoms with E-state index in [0.717, 1.165) is 44.8 Å². The molecule has 2 aromatic heterocycles. The van der Waals surface area contributed by atoms with Crippen LogP contribution < -0.4 is 0 Å². The standard InChI is InChI=1S/C19H25N3OS/c23-18(8-7-17-4-2-12-24-17)21-10-1-3-16(14-21)19-20-9-11-22(19)13-15-5-6-15/h2,4,9,11-12,15-16H,1,3,5-8,10,13-14H2. The maximum atomic E-state index is 12.6. The van der Waals surface area contributed by atoms with Crippen LogP contribution >= 0.6 is 11.3 Å². The fraction of sp³-hybridized carbons (Fsp3) is 0.579. The molecule has 2 fully saturated rings. The third-order valence-electron chi connectivity index (χ3n) is 5.20. The van der Waals surface area contributed by atoms with E-state index in [2.05, 4.69) is 38.2 Å². The predicted molar refractivity (Wildman–Crippen MR) is 96.1 cm³/mol. The summed E-state index contributed by atoms with van der Waals surface area (Å²) in [5.41, 5.74) is 0. The first-order valence-electron chi connectivity index (χ1n) is 9.11. The Hall–Kier alpha value is -1.62. The molecule has 0 radical (unpaired) electrons. The number of aryl methyl sites for hydroxylation is 1. The van der Waals surface area contributed by atoms with Crippen molar-refractivity contribution < 1.29 is 4.79 Å². The highest BCUT2D eigenvalue weighted by Crippen LogP contribution is 2.33. The van der Waals surface area contributed by atoms with Crippen LogP contribution in [0.3, 0.4) is 0 Å². The molecule has 0 aromatic carbocycles. The number of nitrogens with zero attached hydrogens (tertiary/aromatic N) is 3. The number of rotatable bonds is 6. The van der Waals surface area contributed by atoms with E-state index in [0.29, 0.717) is 18.2 Å². The van der Waals surface area contributed by atoms with Crippen LogP contribution in [0.1, 0.15) is 48.7 Å². The Labute approximate surface area is 147 Å². The molecule has 0 N–H and O–H groups in total. The van der Waals surface area contributed by atoms with Gasteiger partial charge >= 0.3 is 0 Å². The van der Waals surface area contributed by atoms with Crippen LogP contribution in [0.5, 0.6) is 0 Å². The second-order valence-electron chi connectivity index (χ2n) is 7.14. The van der Waals surface area contributed by atoms with Crippen LogP contribution in [0.15, 0.2) is 29.9 Å². The lowest BCUT2D eigenvalue weighted by Gasteiger charge is -2.33. The number of carbonyl (C=O) groups is 1. The van der Waals surface area contributed by atoms with Gasteiger partial charge in [-0.15, -0.1) is 11.3 Å². The second kappa shape index (κ2) is 7.09. The third kappa shape index (κ3) is 3.72. The molecule has 5 heteroatoms. The lowest BCUT2D eigenvalue weighted by Crippen LogP contribution is -2.39. The molecule has 1 saturated heterocycles. The summed E-state index contributed by atoms with van der Waals surface area (Å²) < 4.78 is 2.34. The number of amides is 1. The largest absolute Gasteiger partial charge is 0.342 e. The molecule has 24 heavy (non-hydrogen) atoms. The highest BCUT2D eigenvalue weighted by atomic mass is 32.1. The van der Waals surface area contributed by atoms with Gasteiger partial charge in [0, 0.05) is 49.2 Å². The second-order valence-corrected chi connectivity index (χ2v) is 8.17. The zero-order valence-corrected chi connectivity index (χ0v) is 14.9. The average molecular weight is 343 g/mol. The quantitative estimate of drug-likeness (QED) is 0.802. The molecular formula is C19H25N3OS. The maximum absolute atomic E-state index is 12.6. The normalized spacial score (nSPS) is 21.2. The van der Waals surface area contributed by atoms with E-state index in [4.69, 9.17) is 0 Å². The number of aromatic nitrogens is 2. The van der Waals surface area contributed by atoms with Crippen molar-refractivity contribution in [3.8, 4) is 0 Å². The van der Waals surface area contributed by atoms with Gasteiger partial charge in [-0.05, 0) is 49.5 Å². The molecular weight excluding hydrogens is 318 g/mol. The van der Waals surface area contributed by atoms with Crippen molar-refractivity contribution >= 4 is 17.2 Å². The fourth-order valence-electron chi connectivity index (χ4n) is 3.67. The monoisotopic (exact) mass is 343 g/mol. The smallest absolute Gasteiger partial charge is 0.222 e. The molecule has 0 bridgehead atoms. The highest BCUT2D eigenvalue weighted by Gasteiger charge is 2.29. The molecule has 3 heterocycles. The third-order valence-corrected chi connectivity index (χ3v) is 6.14. The van der Waals surface area contributed by atoms with Gasteiger partial charge < -0.3 is 9.47 Å². The first kappa shape index (κ1) is 15.9. The fourth-order valence-corrected chi connectivity index (χ4v) is 4.38. The van der Waals surface area contributed by atoms with E-state index in [1.807, 2.05) is 6.20 Å². The van der Waals surface area contributed by atoms with Crippen molar-refractivity contribution in [1.29, 1.82) is 0 Å². The molecule has 0 spiro atoms. The molecule has 1 atom stereocenters. The Bertz CT molecular complexity index is 675. The minimum atomic E-state index is 0.299. The molecule has 4 nitrogen and oxygen atoms in total. The maximum Gasteiger partial charge on any atom is 0.222 e. The molecule has 2 aromatic rings. The van der Waals surface area contributed by atoms with Gasteiger partial charge in [0.05, 0.1) is 0 Å². The number of imidazole rings is 1. The van der Waals surface area contributed by atoms with Gasteiger partial charge in [-0.25, -0.2) is 4.98 Å². The van der Waals surface area contributed by atoms with Crippen molar-refractivity contribution in [2.24, 2.45) is 5.92 Å². The van der Waals surface area contributed by atoms with Gasteiger partial charge in [-0.1, -0.05) is 6.07 Å². The summed E-state index contributed by atoms with van der Waals surface area (Å²) in [6.45, 7) is 2.85. The van der Waals surface area contributed by atoms with E-state index in [1.54, 1.807) is 11.3 Å². The predicted octanol–water partition coefficient (Wildman–Crippen LogP) is 3.69. The summed E-state index contributed by atoms with van der Waals surface area (Å²) in [6, 6.07) is 4.17. The van der Waals surface area contributed by atoms with Crippen LogP contribution in [0, 0.1) is 5.92 Å². The average Bonchev–Trinajstić information content (AvgIpc) is 3.09. The number of hydrogen-bond acceptors (Lipinski definition) is 3. The number of likely N-dealkylation sites (tertiary alicyclic amines) is 1. The zero-order chi connectivity index (χ0) is 16.4. The topological polar surface area (TPSA) is 38.1 Å². The SMILES string of the molecule is O=C(CCc1cccs1)N1CCCC(c2nccn2CC2CC2)C1. The lowest BCUT2D eigenvalue weighted by atomic mass is 9.96. The first-order chi connectivity index (χ1) is 11.8. The van der Waals surface area contributed by atoms with E-state index in [9.17, 15) is 4.79 Å². The molecule has 4 rings (SSSR count). The minimum absolute atomic E-state index is 0.299. The molecule has 1 saturated carbocycles. The van der Waals surface area contributed by atoms with Gasteiger partial charge in [0.25, 0.3) is 0 Å². The molecule has 2 aliphatic rings. The van der Waals surface area contributed by atoms with Gasteiger partial charge in [-0.2, -0.15) is 0 Å². The Morgan fingerprint density at radius 3 is 3.04 bits per heavy atom. The number of carbonyl (C=O) groups excluding carboxylic acids is 1. The van der Waals surface area contributed by atoms with Gasteiger partial charge in [0.15, 0.2) is 0 Å². The van der Waals surface area contributed by atoms with E-state index >= 15 is 0 Å². The minimum Gasteiger partial charge on any atom is -0.342 e. The summed E-state index contributed by atoms with van der Waals surface area (Å²) in [6.07, 6.45) is 10.5. The van der Waals surface area contributed by atoms with Crippen LogP contribution in [0.2, 0.25) is 0 Å². The summed E-state index contributed by atoms with van der Waals surface area (Å²) in [4.78, 5) is 20.6. The van der Waals surface area contributed by atoms with Crippen molar-refractivity contribution in [2.45, 2.75) is 51.0 Å². The van der Waals surface area contributed by atoms with Crippen LogP contribution in [0.4, 0.5) is 0 Å². The van der Waals surface area contributed by atoms with Crippen molar-refractivity contribution in [2.75, 3.05) is 13.1 Å². The first-order valence-corrected chi connectivity index (χ1v) is 9.99. The Morgan fingerprint density at radius 1 is 1.33 bits per heavy atom. The van der Waals surface area contributed by atoms with E-state index in [1.165, 1.54) is 23.5 Å². The van der Waals surface area contributed by atoms with Gasteiger partial charge in [-0.3, -0.25) is 4.79 Å². The van der Waals surface area contributed by atoms with Crippen molar-refractivity contribution in [1.82, 2.24) is 14.5 Å². The highest BCUT2D eigenvalue weighted by molar-refractivity contribution is 7.09. The molecule has 1 unspecified atom stereocenters. The Kier molecular flexibility index (Phi) is 4.69. The molecule has 1 amide bonds. The summed E-state index contributed by atoms with van der Waals surface area (Å²) in [5, 5.41) is 2.08. The van der Waals surface area contributed by atoms with Crippen LogP contribution in [-0.4, -0.2) is 33.4 Å². The Balaban J connectivity index is 1.36. The van der Waals surface area contributed by atoms with Crippen LogP contribution in [0.25, 0.3) is 0 Å². The van der Waals surface area contributed by atoms with E-state index < -0.39 is 0 Å². The van der Waals surface area contributed by atoms with Crippen molar-refractivity contribution in [3.05, 3.63) is 40.6 Å². The van der Waals surface area contributed by atoms with Crippen molar-refractivity contribution in [3.63, 3.8) is 0 Å². The van der Waals surface area contributed by atoms with Crippen LogP contribution in [-0.2, 0) is 17.8 Å². The summed E-state index contributed by atoms with van der Waals surface area (Å²) in [7, 11) is 0. The van der Waals surface area contributed by atoms with Gasteiger partial charge in [0.1, 0.15) is 5.82 Å². The number of piperidine rings is 1. The number of hydrogen-bond donors (Lipinski definition) is 0. The summed E-state index contributed by atoms with van der Waals surface area (Å²) >= 11 is 1.74. The molecule has 1 aliphatic carbocycles. The van der Waals surface area contributed by atoms with Gasteiger partial charge in [0.2, 0.25) is 5.91 Å². The lowest BCUT2D eigenvalue weighted by molar-refractivity contribution is -0.132. The summed E-state index contributed by atoms with van der Waals surface area (Å²) in [5.74, 6) is 2.74. The zero-order valence-electron chi connectivity index (χ0n) is 14.1. The molecule has 128 valence electrons. The van der Waals surface area contributed by atoms with E-state index in [-0.39, 0.29) is 0 Å².